The zero-order valence-corrected chi connectivity index (χ0v) is 9.48. The van der Waals surface area contributed by atoms with Crippen LogP contribution in [0.4, 0.5) is 8.78 Å². The van der Waals surface area contributed by atoms with Crippen LogP contribution < -0.4 is 0 Å². The lowest BCUT2D eigenvalue weighted by Crippen LogP contribution is -2.05. The molecule has 0 aliphatic carbocycles. The van der Waals surface area contributed by atoms with Crippen molar-refractivity contribution in [1.29, 1.82) is 0 Å². The van der Waals surface area contributed by atoms with Crippen LogP contribution in [0.15, 0.2) is 16.6 Å². The summed E-state index contributed by atoms with van der Waals surface area (Å²) in [6.45, 7) is 3.15. The van der Waals surface area contributed by atoms with E-state index < -0.39 is 12.3 Å². The molecule has 1 atom stereocenters. The van der Waals surface area contributed by atoms with Crippen molar-refractivity contribution < 1.29 is 13.9 Å². The van der Waals surface area contributed by atoms with E-state index >= 15 is 0 Å². The van der Waals surface area contributed by atoms with E-state index in [1.807, 2.05) is 0 Å². The van der Waals surface area contributed by atoms with Crippen LogP contribution in [0.3, 0.4) is 0 Å². The minimum atomic E-state index is -2.42. The first-order chi connectivity index (χ1) is 6.43. The number of phenolic OH excluding ortho intramolecular Hbond substituents is 1. The molecule has 1 nitrogen and oxygen atoms in total. The van der Waals surface area contributed by atoms with Gasteiger partial charge in [-0.3, -0.25) is 0 Å². The number of rotatable bonds is 2. The monoisotopic (exact) mass is 264 g/mol. The van der Waals surface area contributed by atoms with Crippen LogP contribution in [0.25, 0.3) is 0 Å². The van der Waals surface area contributed by atoms with Gasteiger partial charge in [0.1, 0.15) is 5.75 Å². The minimum Gasteiger partial charge on any atom is -0.508 e. The Morgan fingerprint density at radius 1 is 1.36 bits per heavy atom. The molecule has 0 spiro atoms. The largest absolute Gasteiger partial charge is 0.508 e. The Hall–Kier alpha value is -0.640. The fourth-order valence-corrected chi connectivity index (χ4v) is 1.98. The van der Waals surface area contributed by atoms with Gasteiger partial charge >= 0.3 is 0 Å². The maximum Gasteiger partial charge on any atom is 0.245 e. The molecule has 4 heteroatoms. The van der Waals surface area contributed by atoms with Crippen molar-refractivity contribution in [2.45, 2.75) is 26.2 Å². The van der Waals surface area contributed by atoms with E-state index in [1.165, 1.54) is 13.0 Å². The van der Waals surface area contributed by atoms with E-state index in [0.717, 1.165) is 0 Å². The third-order valence-electron chi connectivity index (χ3n) is 2.18. The van der Waals surface area contributed by atoms with E-state index in [2.05, 4.69) is 15.9 Å². The van der Waals surface area contributed by atoms with Crippen molar-refractivity contribution in [2.75, 3.05) is 0 Å². The molecular formula is C10H11BrF2O. The number of aromatic hydroxyl groups is 1. The van der Waals surface area contributed by atoms with E-state index in [1.54, 1.807) is 13.0 Å². The van der Waals surface area contributed by atoms with Crippen LogP contribution in [0.2, 0.25) is 0 Å². The second-order valence-corrected chi connectivity index (χ2v) is 4.14. The molecule has 78 valence electrons. The summed E-state index contributed by atoms with van der Waals surface area (Å²) in [5.74, 6) is -0.827. The first kappa shape index (κ1) is 11.4. The normalized spacial score (nSPS) is 13.3. The Bertz CT molecular complexity index is 339. The van der Waals surface area contributed by atoms with E-state index in [9.17, 15) is 13.9 Å². The molecular weight excluding hydrogens is 254 g/mol. The van der Waals surface area contributed by atoms with Gasteiger partial charge in [0.15, 0.2) is 0 Å². The maximum absolute atomic E-state index is 12.4. The van der Waals surface area contributed by atoms with E-state index in [0.29, 0.717) is 15.6 Å². The first-order valence-corrected chi connectivity index (χ1v) is 5.00. The van der Waals surface area contributed by atoms with Gasteiger partial charge in [0, 0.05) is 10.4 Å². The Labute approximate surface area is 89.9 Å². The minimum absolute atomic E-state index is 0.0516. The van der Waals surface area contributed by atoms with Crippen LogP contribution in [0, 0.1) is 6.92 Å². The molecule has 0 amide bonds. The fraction of sp³-hybridized carbons (Fsp3) is 0.400. The van der Waals surface area contributed by atoms with Gasteiger partial charge in [0.05, 0.1) is 0 Å². The van der Waals surface area contributed by atoms with E-state index in [4.69, 9.17) is 0 Å². The van der Waals surface area contributed by atoms with Crippen molar-refractivity contribution in [3.05, 3.63) is 27.7 Å². The molecule has 14 heavy (non-hydrogen) atoms. The molecule has 1 unspecified atom stereocenters. The van der Waals surface area contributed by atoms with Crippen molar-refractivity contribution in [2.24, 2.45) is 0 Å². The Morgan fingerprint density at radius 3 is 2.43 bits per heavy atom. The van der Waals surface area contributed by atoms with Crippen molar-refractivity contribution in [1.82, 2.24) is 0 Å². The quantitative estimate of drug-likeness (QED) is 0.861. The number of benzene rings is 1. The molecule has 1 aromatic rings. The summed E-state index contributed by atoms with van der Waals surface area (Å²) in [6.07, 6.45) is -2.42. The number of phenols is 1. The number of hydrogen-bond donors (Lipinski definition) is 1. The highest BCUT2D eigenvalue weighted by Crippen LogP contribution is 2.33. The van der Waals surface area contributed by atoms with Crippen LogP contribution >= 0.6 is 15.9 Å². The maximum atomic E-state index is 12.4. The molecule has 0 aliphatic heterocycles. The molecule has 1 rings (SSSR count). The van der Waals surface area contributed by atoms with Gasteiger partial charge in [-0.15, -0.1) is 0 Å². The highest BCUT2D eigenvalue weighted by Gasteiger charge is 2.20. The summed E-state index contributed by atoms with van der Waals surface area (Å²) in [4.78, 5) is 0. The fourth-order valence-electron chi connectivity index (χ4n) is 1.16. The topological polar surface area (TPSA) is 20.2 Å². The number of halogens is 3. The predicted octanol–water partition coefficient (Wildman–Crippen LogP) is 3.83. The second-order valence-electron chi connectivity index (χ2n) is 3.28. The summed E-state index contributed by atoms with van der Waals surface area (Å²) in [5, 5.41) is 9.39. The van der Waals surface area contributed by atoms with Gasteiger partial charge in [0.25, 0.3) is 0 Å². The zero-order valence-electron chi connectivity index (χ0n) is 7.89. The summed E-state index contributed by atoms with van der Waals surface area (Å²) < 4.78 is 25.5. The van der Waals surface area contributed by atoms with Crippen LogP contribution in [-0.4, -0.2) is 11.5 Å². The van der Waals surface area contributed by atoms with Gasteiger partial charge in [0.2, 0.25) is 6.43 Å². The molecule has 0 fully saturated rings. The van der Waals surface area contributed by atoms with Crippen molar-refractivity contribution >= 4 is 15.9 Å². The van der Waals surface area contributed by atoms with Crippen LogP contribution in [0.1, 0.15) is 24.0 Å². The molecule has 0 saturated carbocycles. The molecule has 0 bridgehead atoms. The molecule has 0 radical (unpaired) electrons. The standard InChI is InChI=1S/C10H11BrF2O/c1-5-3-8(11)7(4-9(5)14)6(2)10(12)13/h3-4,6,10,14H,1-2H3. The SMILES string of the molecule is Cc1cc(Br)c(C(C)C(F)F)cc1O. The van der Waals surface area contributed by atoms with Crippen LogP contribution in [0.5, 0.6) is 5.75 Å². The highest BCUT2D eigenvalue weighted by molar-refractivity contribution is 9.10. The van der Waals surface area contributed by atoms with Crippen molar-refractivity contribution in [3.63, 3.8) is 0 Å². The van der Waals surface area contributed by atoms with Gasteiger partial charge in [-0.05, 0) is 30.2 Å². The van der Waals surface area contributed by atoms with Gasteiger partial charge in [-0.1, -0.05) is 22.9 Å². The average Bonchev–Trinajstić information content (AvgIpc) is 2.10. The van der Waals surface area contributed by atoms with Gasteiger partial charge in [-0.25, -0.2) is 8.78 Å². The lowest BCUT2D eigenvalue weighted by molar-refractivity contribution is 0.121. The predicted molar refractivity (Wildman–Crippen MR) is 55.0 cm³/mol. The smallest absolute Gasteiger partial charge is 0.245 e. The summed E-state index contributed by atoms with van der Waals surface area (Å²) in [5.41, 5.74) is 1.10. The zero-order chi connectivity index (χ0) is 10.9. The van der Waals surface area contributed by atoms with Gasteiger partial charge in [-0.2, -0.15) is 0 Å². The van der Waals surface area contributed by atoms with Crippen LogP contribution in [-0.2, 0) is 0 Å². The Kier molecular flexibility index (Phi) is 3.48. The molecule has 0 aliphatic rings. The number of hydrogen-bond acceptors (Lipinski definition) is 1. The first-order valence-electron chi connectivity index (χ1n) is 4.20. The van der Waals surface area contributed by atoms with E-state index in [-0.39, 0.29) is 5.75 Å². The highest BCUT2D eigenvalue weighted by atomic mass is 79.9. The molecule has 1 aromatic carbocycles. The molecule has 0 heterocycles. The Morgan fingerprint density at radius 2 is 1.93 bits per heavy atom. The summed E-state index contributed by atoms with van der Waals surface area (Å²) in [6, 6.07) is 3.03. The van der Waals surface area contributed by atoms with Gasteiger partial charge < -0.3 is 5.11 Å². The van der Waals surface area contributed by atoms with Crippen molar-refractivity contribution in [3.8, 4) is 5.75 Å². The molecule has 0 aromatic heterocycles. The third kappa shape index (κ3) is 2.23. The average molecular weight is 265 g/mol. The Balaban J connectivity index is 3.15. The summed E-state index contributed by atoms with van der Waals surface area (Å²) in [7, 11) is 0. The second kappa shape index (κ2) is 4.26. The molecule has 1 N–H and O–H groups in total. The number of alkyl halides is 2. The third-order valence-corrected chi connectivity index (χ3v) is 2.87. The number of aryl methyl sites for hydroxylation is 1. The molecule has 0 saturated heterocycles. The lowest BCUT2D eigenvalue weighted by atomic mass is 10.00. The lowest BCUT2D eigenvalue weighted by Gasteiger charge is -2.14. The summed E-state index contributed by atoms with van der Waals surface area (Å²) >= 11 is 3.21.